The maximum absolute atomic E-state index is 12.3. The van der Waals surface area contributed by atoms with Gasteiger partial charge >= 0.3 is 0 Å². The number of carbonyl (C=O) groups excluding carboxylic acids is 1. The Morgan fingerprint density at radius 1 is 1.08 bits per heavy atom. The van der Waals surface area contributed by atoms with E-state index >= 15 is 0 Å². The Morgan fingerprint density at radius 3 is 2.23 bits per heavy atom. The first-order chi connectivity index (χ1) is 12.2. The highest BCUT2D eigenvalue weighted by molar-refractivity contribution is 7.92. The van der Waals surface area contributed by atoms with Crippen LogP contribution < -0.4 is 10.0 Å². The zero-order chi connectivity index (χ0) is 19.2. The molecule has 26 heavy (non-hydrogen) atoms. The van der Waals surface area contributed by atoms with E-state index in [1.165, 1.54) is 12.1 Å². The second kappa shape index (κ2) is 8.33. The molecular formula is C19H24N2O4S. The number of hydrogen-bond donors (Lipinski definition) is 3. The van der Waals surface area contributed by atoms with Crippen molar-refractivity contribution in [1.82, 2.24) is 5.32 Å². The monoisotopic (exact) mass is 376 g/mol. The minimum Gasteiger partial charge on any atom is -0.396 e. The quantitative estimate of drug-likeness (QED) is 0.657. The highest BCUT2D eigenvalue weighted by atomic mass is 32.2. The fourth-order valence-electron chi connectivity index (χ4n) is 2.56. The summed E-state index contributed by atoms with van der Waals surface area (Å²) >= 11 is 0. The summed E-state index contributed by atoms with van der Waals surface area (Å²) in [5.74, 6) is -0.274. The van der Waals surface area contributed by atoms with Crippen LogP contribution in [0.2, 0.25) is 0 Å². The summed E-state index contributed by atoms with van der Waals surface area (Å²) in [5.41, 5.74) is 1.43. The minimum absolute atomic E-state index is 0.0562. The molecule has 7 heteroatoms. The zero-order valence-corrected chi connectivity index (χ0v) is 15.7. The Hall–Kier alpha value is -2.38. The van der Waals surface area contributed by atoms with Crippen LogP contribution in [0.15, 0.2) is 54.6 Å². The van der Waals surface area contributed by atoms with Crippen molar-refractivity contribution < 1.29 is 18.3 Å². The van der Waals surface area contributed by atoms with Crippen molar-refractivity contribution in [1.29, 1.82) is 0 Å². The van der Waals surface area contributed by atoms with Crippen molar-refractivity contribution in [2.75, 3.05) is 24.1 Å². The van der Waals surface area contributed by atoms with Gasteiger partial charge in [-0.1, -0.05) is 37.3 Å². The molecule has 1 amide bonds. The second-order valence-corrected chi connectivity index (χ2v) is 8.51. The van der Waals surface area contributed by atoms with Crippen molar-refractivity contribution in [2.24, 2.45) is 5.41 Å². The van der Waals surface area contributed by atoms with Gasteiger partial charge in [-0.3, -0.25) is 9.52 Å². The SMILES string of the molecule is C[C@](CO)(CNC(=O)c1ccc(NS(C)(=O)=O)cc1)Cc1ccccc1. The van der Waals surface area contributed by atoms with Crippen molar-refractivity contribution in [2.45, 2.75) is 13.3 Å². The third-order valence-electron chi connectivity index (χ3n) is 3.98. The predicted molar refractivity (Wildman–Crippen MR) is 103 cm³/mol. The van der Waals surface area contributed by atoms with Gasteiger partial charge in [0.15, 0.2) is 0 Å². The van der Waals surface area contributed by atoms with Crippen molar-refractivity contribution in [3.8, 4) is 0 Å². The van der Waals surface area contributed by atoms with Crippen LogP contribution in [0, 0.1) is 5.41 Å². The minimum atomic E-state index is -3.35. The summed E-state index contributed by atoms with van der Waals surface area (Å²) in [6.07, 6.45) is 1.71. The van der Waals surface area contributed by atoms with Gasteiger partial charge in [0.2, 0.25) is 10.0 Å². The summed E-state index contributed by atoms with van der Waals surface area (Å²) in [5, 5.41) is 12.6. The maximum Gasteiger partial charge on any atom is 0.251 e. The Kier molecular flexibility index (Phi) is 6.39. The number of sulfonamides is 1. The molecule has 2 rings (SSSR count). The van der Waals surface area contributed by atoms with Gasteiger partial charge in [0.25, 0.3) is 5.91 Å². The second-order valence-electron chi connectivity index (χ2n) is 6.77. The topological polar surface area (TPSA) is 95.5 Å². The number of rotatable bonds is 8. The number of anilines is 1. The first-order valence-electron chi connectivity index (χ1n) is 8.22. The molecule has 2 aromatic carbocycles. The molecule has 1 atom stereocenters. The number of carbonyl (C=O) groups is 1. The van der Waals surface area contributed by atoms with Crippen LogP contribution in [0.1, 0.15) is 22.8 Å². The Labute approximate surface area is 154 Å². The van der Waals surface area contributed by atoms with Gasteiger partial charge in [0.05, 0.1) is 12.9 Å². The van der Waals surface area contributed by atoms with E-state index in [-0.39, 0.29) is 12.5 Å². The molecule has 6 nitrogen and oxygen atoms in total. The van der Waals surface area contributed by atoms with Crippen LogP contribution in [-0.4, -0.2) is 38.8 Å². The van der Waals surface area contributed by atoms with E-state index < -0.39 is 15.4 Å². The fourth-order valence-corrected chi connectivity index (χ4v) is 3.13. The lowest BCUT2D eigenvalue weighted by molar-refractivity contribution is 0.0895. The summed E-state index contributed by atoms with van der Waals surface area (Å²) in [4.78, 5) is 12.3. The van der Waals surface area contributed by atoms with E-state index in [4.69, 9.17) is 0 Å². The zero-order valence-electron chi connectivity index (χ0n) is 14.9. The smallest absolute Gasteiger partial charge is 0.251 e. The van der Waals surface area contributed by atoms with Gasteiger partial charge in [-0.2, -0.15) is 0 Å². The van der Waals surface area contributed by atoms with Crippen molar-refractivity contribution in [3.05, 3.63) is 65.7 Å². The molecule has 0 aromatic heterocycles. The van der Waals surface area contributed by atoms with Gasteiger partial charge in [-0.05, 0) is 36.2 Å². The van der Waals surface area contributed by atoms with Crippen LogP contribution in [0.25, 0.3) is 0 Å². The average molecular weight is 376 g/mol. The van der Waals surface area contributed by atoms with Crippen molar-refractivity contribution in [3.63, 3.8) is 0 Å². The van der Waals surface area contributed by atoms with Gasteiger partial charge in [-0.15, -0.1) is 0 Å². The Balaban J connectivity index is 1.97. The van der Waals surface area contributed by atoms with Gasteiger partial charge in [-0.25, -0.2) is 8.42 Å². The standard InChI is InChI=1S/C19H24N2O4S/c1-19(14-22,12-15-6-4-3-5-7-15)13-20-18(23)16-8-10-17(11-9-16)21-26(2,24)25/h3-11,21-22H,12-14H2,1-2H3,(H,20,23)/t19-/m1/s1. The van der Waals surface area contributed by atoms with Crippen molar-refractivity contribution >= 4 is 21.6 Å². The highest BCUT2D eigenvalue weighted by Gasteiger charge is 2.25. The molecule has 0 spiro atoms. The summed E-state index contributed by atoms with van der Waals surface area (Å²) in [7, 11) is -3.35. The van der Waals surface area contributed by atoms with E-state index in [1.54, 1.807) is 12.1 Å². The molecule has 0 bridgehead atoms. The summed E-state index contributed by atoms with van der Waals surface area (Å²) < 4.78 is 24.8. The van der Waals surface area contributed by atoms with E-state index in [9.17, 15) is 18.3 Å². The van der Waals surface area contributed by atoms with E-state index in [1.807, 2.05) is 37.3 Å². The number of benzene rings is 2. The van der Waals surface area contributed by atoms with E-state index in [0.29, 0.717) is 24.2 Å². The number of aliphatic hydroxyl groups is 1. The molecule has 0 radical (unpaired) electrons. The van der Waals surface area contributed by atoms with Crippen LogP contribution in [0.5, 0.6) is 0 Å². The summed E-state index contributed by atoms with van der Waals surface area (Å²) in [6.45, 7) is 2.18. The Morgan fingerprint density at radius 2 is 1.69 bits per heavy atom. The predicted octanol–water partition coefficient (Wildman–Crippen LogP) is 2.03. The molecule has 140 valence electrons. The van der Waals surface area contributed by atoms with Gasteiger partial charge in [0.1, 0.15) is 0 Å². The highest BCUT2D eigenvalue weighted by Crippen LogP contribution is 2.21. The van der Waals surface area contributed by atoms with Gasteiger partial charge < -0.3 is 10.4 Å². The lowest BCUT2D eigenvalue weighted by Crippen LogP contribution is -2.39. The molecule has 0 unspecified atom stereocenters. The maximum atomic E-state index is 12.3. The Bertz CT molecular complexity index is 836. The molecule has 0 saturated heterocycles. The third kappa shape index (κ3) is 6.16. The third-order valence-corrected chi connectivity index (χ3v) is 4.59. The van der Waals surface area contributed by atoms with Crippen LogP contribution >= 0.6 is 0 Å². The number of hydrogen-bond acceptors (Lipinski definition) is 4. The van der Waals surface area contributed by atoms with Crippen LogP contribution in [-0.2, 0) is 16.4 Å². The molecule has 0 aliphatic carbocycles. The number of nitrogens with one attached hydrogen (secondary N) is 2. The molecule has 2 aromatic rings. The lowest BCUT2D eigenvalue weighted by atomic mass is 9.84. The van der Waals surface area contributed by atoms with Crippen LogP contribution in [0.4, 0.5) is 5.69 Å². The molecule has 0 saturated carbocycles. The first-order valence-corrected chi connectivity index (χ1v) is 10.1. The molecular weight excluding hydrogens is 352 g/mol. The molecule has 0 fully saturated rings. The largest absolute Gasteiger partial charge is 0.396 e. The summed E-state index contributed by atoms with van der Waals surface area (Å²) in [6, 6.07) is 16.0. The van der Waals surface area contributed by atoms with E-state index in [2.05, 4.69) is 10.0 Å². The number of aliphatic hydroxyl groups excluding tert-OH is 1. The number of amides is 1. The first kappa shape index (κ1) is 19.9. The average Bonchev–Trinajstić information content (AvgIpc) is 2.60. The molecule has 0 aliphatic heterocycles. The van der Waals surface area contributed by atoms with Gasteiger partial charge in [0, 0.05) is 23.2 Å². The molecule has 0 heterocycles. The normalized spacial score (nSPS) is 13.7. The molecule has 3 N–H and O–H groups in total. The lowest BCUT2D eigenvalue weighted by Gasteiger charge is -2.27. The fraction of sp³-hybridized carbons (Fsp3) is 0.316. The molecule has 0 aliphatic rings. The van der Waals surface area contributed by atoms with E-state index in [0.717, 1.165) is 11.8 Å². The van der Waals surface area contributed by atoms with Crippen LogP contribution in [0.3, 0.4) is 0 Å².